The largest absolute Gasteiger partial charge is 0.360 e. The Balaban J connectivity index is 2.66. The van der Waals surface area contributed by atoms with Crippen molar-refractivity contribution in [1.82, 2.24) is 0 Å². The third kappa shape index (κ3) is 3.10. The van der Waals surface area contributed by atoms with Crippen LogP contribution in [0.1, 0.15) is 29.6 Å². The second-order valence-corrected chi connectivity index (χ2v) is 5.04. The van der Waals surface area contributed by atoms with Crippen LogP contribution in [0.4, 0.5) is 17.1 Å². The smallest absolute Gasteiger partial charge is 0.300 e. The quantitative estimate of drug-likeness (QED) is 0.480. The number of benzene rings is 1. The topological polar surface area (TPSA) is 107 Å². The molecule has 1 saturated heterocycles. The SMILES string of the molecule is O=C(Cl)c1cc([N+](=O)[O-])c(N2CCCCC2)c([N+](=O)[O-])c1. The van der Waals surface area contributed by atoms with Gasteiger partial charge in [-0.05, 0) is 30.9 Å². The van der Waals surface area contributed by atoms with Crippen LogP contribution >= 0.6 is 11.6 Å². The number of nitrogens with zero attached hydrogens (tertiary/aromatic N) is 3. The molecule has 21 heavy (non-hydrogen) atoms. The van der Waals surface area contributed by atoms with E-state index in [9.17, 15) is 25.0 Å². The van der Waals surface area contributed by atoms with Gasteiger partial charge >= 0.3 is 0 Å². The van der Waals surface area contributed by atoms with Crippen LogP contribution in [0, 0.1) is 20.2 Å². The maximum absolute atomic E-state index is 11.2. The normalized spacial score (nSPS) is 14.8. The molecule has 0 atom stereocenters. The van der Waals surface area contributed by atoms with Crippen molar-refractivity contribution in [3.63, 3.8) is 0 Å². The average molecular weight is 314 g/mol. The van der Waals surface area contributed by atoms with Crippen LogP contribution in [0.3, 0.4) is 0 Å². The van der Waals surface area contributed by atoms with Gasteiger partial charge in [-0.3, -0.25) is 25.0 Å². The van der Waals surface area contributed by atoms with Crippen LogP contribution in [-0.4, -0.2) is 28.2 Å². The highest BCUT2D eigenvalue weighted by Crippen LogP contribution is 2.40. The molecule has 1 aliphatic heterocycles. The summed E-state index contributed by atoms with van der Waals surface area (Å²) in [6, 6.07) is 1.98. The molecule has 0 aliphatic carbocycles. The van der Waals surface area contributed by atoms with Crippen molar-refractivity contribution in [2.24, 2.45) is 0 Å². The van der Waals surface area contributed by atoms with E-state index in [0.29, 0.717) is 13.1 Å². The summed E-state index contributed by atoms with van der Waals surface area (Å²) in [5.41, 5.74) is -1.23. The molecule has 0 saturated carbocycles. The first-order chi connectivity index (χ1) is 9.91. The molecule has 2 rings (SSSR count). The van der Waals surface area contributed by atoms with E-state index in [4.69, 9.17) is 11.6 Å². The molecule has 8 nitrogen and oxygen atoms in total. The van der Waals surface area contributed by atoms with E-state index in [-0.39, 0.29) is 11.3 Å². The number of hydrogen-bond acceptors (Lipinski definition) is 6. The summed E-state index contributed by atoms with van der Waals surface area (Å²) in [5.74, 6) is 0. The third-order valence-electron chi connectivity index (χ3n) is 3.36. The highest BCUT2D eigenvalue weighted by Gasteiger charge is 2.32. The predicted octanol–water partition coefficient (Wildman–Crippen LogP) is 2.87. The van der Waals surface area contributed by atoms with Crippen LogP contribution in [0.5, 0.6) is 0 Å². The third-order valence-corrected chi connectivity index (χ3v) is 3.58. The van der Waals surface area contributed by atoms with Crippen LogP contribution in [-0.2, 0) is 0 Å². The molecule has 0 aromatic heterocycles. The van der Waals surface area contributed by atoms with Crippen molar-refractivity contribution < 1.29 is 14.6 Å². The molecule has 0 N–H and O–H groups in total. The summed E-state index contributed by atoms with van der Waals surface area (Å²) < 4.78 is 0. The van der Waals surface area contributed by atoms with Gasteiger partial charge < -0.3 is 4.90 Å². The van der Waals surface area contributed by atoms with Gasteiger partial charge in [0.05, 0.1) is 9.85 Å². The number of nitro benzene ring substituents is 2. The number of carbonyl (C=O) groups is 1. The van der Waals surface area contributed by atoms with Crippen LogP contribution in [0.2, 0.25) is 0 Å². The first-order valence-corrected chi connectivity index (χ1v) is 6.71. The van der Waals surface area contributed by atoms with E-state index >= 15 is 0 Å². The summed E-state index contributed by atoms with van der Waals surface area (Å²) >= 11 is 5.30. The highest BCUT2D eigenvalue weighted by molar-refractivity contribution is 6.67. The van der Waals surface area contributed by atoms with Crippen LogP contribution in [0.25, 0.3) is 0 Å². The molecule has 1 aliphatic rings. The van der Waals surface area contributed by atoms with Gasteiger partial charge in [-0.15, -0.1) is 0 Å². The zero-order valence-electron chi connectivity index (χ0n) is 11.0. The molecule has 1 aromatic carbocycles. The first kappa shape index (κ1) is 15.2. The Bertz CT molecular complexity index is 578. The monoisotopic (exact) mass is 313 g/mol. The number of carbonyl (C=O) groups excluding carboxylic acids is 1. The number of anilines is 1. The van der Waals surface area contributed by atoms with Gasteiger partial charge in [0.2, 0.25) is 0 Å². The molecule has 0 unspecified atom stereocenters. The van der Waals surface area contributed by atoms with Crippen LogP contribution < -0.4 is 4.90 Å². The molecule has 1 fully saturated rings. The Labute approximate surface area is 124 Å². The van der Waals surface area contributed by atoms with Gasteiger partial charge in [-0.2, -0.15) is 0 Å². The Morgan fingerprint density at radius 2 is 1.52 bits per heavy atom. The molecular weight excluding hydrogens is 302 g/mol. The van der Waals surface area contributed by atoms with Gasteiger partial charge in [0.1, 0.15) is 0 Å². The van der Waals surface area contributed by atoms with Crippen molar-refractivity contribution >= 4 is 33.9 Å². The van der Waals surface area contributed by atoms with Gasteiger partial charge in [-0.25, -0.2) is 0 Å². The first-order valence-electron chi connectivity index (χ1n) is 6.33. The summed E-state index contributed by atoms with van der Waals surface area (Å²) in [7, 11) is 0. The van der Waals surface area contributed by atoms with Gasteiger partial charge in [0.15, 0.2) is 5.69 Å². The standard InChI is InChI=1S/C12H12ClN3O5/c13-12(17)8-6-9(15(18)19)11(10(7-8)16(20)21)14-4-2-1-3-5-14/h6-7H,1-5H2. The van der Waals surface area contributed by atoms with E-state index in [1.54, 1.807) is 4.90 Å². The fourth-order valence-corrected chi connectivity index (χ4v) is 2.55. The second-order valence-electron chi connectivity index (χ2n) is 4.70. The number of rotatable bonds is 4. The average Bonchev–Trinajstić information content (AvgIpc) is 2.46. The van der Waals surface area contributed by atoms with Gasteiger partial charge in [0, 0.05) is 30.8 Å². The van der Waals surface area contributed by atoms with Crippen molar-refractivity contribution in [2.75, 3.05) is 18.0 Å². The molecule has 1 heterocycles. The number of piperidine rings is 1. The molecule has 9 heteroatoms. The predicted molar refractivity (Wildman–Crippen MR) is 76.0 cm³/mol. The van der Waals surface area contributed by atoms with E-state index in [1.807, 2.05) is 0 Å². The number of nitro groups is 2. The van der Waals surface area contributed by atoms with E-state index < -0.39 is 26.5 Å². The lowest BCUT2D eigenvalue weighted by molar-refractivity contribution is -0.392. The Morgan fingerprint density at radius 1 is 1.05 bits per heavy atom. The summed E-state index contributed by atoms with van der Waals surface area (Å²) in [4.78, 5) is 33.8. The maximum Gasteiger partial charge on any atom is 0.300 e. The molecule has 0 spiro atoms. The lowest BCUT2D eigenvalue weighted by atomic mass is 10.1. The molecule has 112 valence electrons. The minimum Gasteiger partial charge on any atom is -0.360 e. The van der Waals surface area contributed by atoms with Crippen molar-refractivity contribution in [2.45, 2.75) is 19.3 Å². The highest BCUT2D eigenvalue weighted by atomic mass is 35.5. The second kappa shape index (κ2) is 6.04. The molecule has 0 bridgehead atoms. The fraction of sp³-hybridized carbons (Fsp3) is 0.417. The van der Waals surface area contributed by atoms with Crippen molar-refractivity contribution in [3.8, 4) is 0 Å². The molecular formula is C12H12ClN3O5. The van der Waals surface area contributed by atoms with Crippen LogP contribution in [0.15, 0.2) is 12.1 Å². The van der Waals surface area contributed by atoms with E-state index in [2.05, 4.69) is 0 Å². The van der Waals surface area contributed by atoms with E-state index in [0.717, 1.165) is 31.4 Å². The number of hydrogen-bond donors (Lipinski definition) is 0. The van der Waals surface area contributed by atoms with Gasteiger partial charge in [0.25, 0.3) is 16.6 Å². The summed E-state index contributed by atoms with van der Waals surface area (Å²) in [6.07, 6.45) is 2.60. The zero-order chi connectivity index (χ0) is 15.6. The molecule has 1 aromatic rings. The zero-order valence-corrected chi connectivity index (χ0v) is 11.7. The Morgan fingerprint density at radius 3 is 1.90 bits per heavy atom. The van der Waals surface area contributed by atoms with Gasteiger partial charge in [-0.1, -0.05) is 0 Å². The Kier molecular flexibility index (Phi) is 4.37. The van der Waals surface area contributed by atoms with E-state index in [1.165, 1.54) is 0 Å². The summed E-state index contributed by atoms with van der Waals surface area (Å²) in [6.45, 7) is 1.02. The summed E-state index contributed by atoms with van der Waals surface area (Å²) in [5, 5.41) is 21.5. The molecule has 0 amide bonds. The van der Waals surface area contributed by atoms with Crippen molar-refractivity contribution in [3.05, 3.63) is 37.9 Å². The minimum atomic E-state index is -0.966. The number of halogens is 1. The van der Waals surface area contributed by atoms with Crippen molar-refractivity contribution in [1.29, 1.82) is 0 Å². The molecule has 0 radical (unpaired) electrons. The maximum atomic E-state index is 11.2. The lowest BCUT2D eigenvalue weighted by Gasteiger charge is -2.28. The lowest BCUT2D eigenvalue weighted by Crippen LogP contribution is -2.30. The Hall–Kier alpha value is -2.22. The minimum absolute atomic E-state index is 0.0497. The fourth-order valence-electron chi connectivity index (χ4n) is 2.44.